The molecule has 1 aliphatic heterocycles. The van der Waals surface area contributed by atoms with Gasteiger partial charge in [-0.2, -0.15) is 0 Å². The van der Waals surface area contributed by atoms with Gasteiger partial charge in [-0.05, 0) is 56.5 Å². The zero-order chi connectivity index (χ0) is 20.5. The van der Waals surface area contributed by atoms with E-state index in [0.29, 0.717) is 11.1 Å². The summed E-state index contributed by atoms with van der Waals surface area (Å²) < 4.78 is 5.30. The number of phenols is 1. The minimum atomic E-state index is -0.585. The first-order valence-corrected chi connectivity index (χ1v) is 9.13. The third-order valence-corrected chi connectivity index (χ3v) is 4.41. The van der Waals surface area contributed by atoms with Crippen LogP contribution in [-0.4, -0.2) is 33.4 Å². The number of rotatable bonds is 4. The van der Waals surface area contributed by atoms with Gasteiger partial charge >= 0.3 is 5.97 Å². The maximum atomic E-state index is 13.1. The normalized spacial score (nSPS) is 13.4. The number of phenolic OH excluding ortho intramolecular Hbond substituents is 1. The van der Waals surface area contributed by atoms with E-state index < -0.39 is 11.5 Å². The lowest BCUT2D eigenvalue weighted by molar-refractivity contribution is -0.154. The van der Waals surface area contributed by atoms with Crippen LogP contribution in [0.5, 0.6) is 5.75 Å². The summed E-state index contributed by atoms with van der Waals surface area (Å²) in [5.41, 5.74) is 1.50. The fraction of sp³-hybridized carbons (Fsp3) is 0.318. The molecule has 0 atom stereocenters. The van der Waals surface area contributed by atoms with Gasteiger partial charge in [0.15, 0.2) is 0 Å². The predicted molar refractivity (Wildman–Crippen MR) is 103 cm³/mol. The van der Waals surface area contributed by atoms with E-state index in [0.717, 1.165) is 10.5 Å². The maximum absolute atomic E-state index is 13.1. The molecular formula is C22H23NO5. The standard InChI is InChI=1S/C22H23NO5/c1-22(2,3)28-19(25)11-9-14-8-10-16(24)12-18(14)21(27)23-13-15-6-4-5-7-17(15)20(23)26/h4-8,10,12,24H,9,11,13H2,1-3H3. The third kappa shape index (κ3) is 4.22. The predicted octanol–water partition coefficient (Wildman–Crippen LogP) is 3.46. The van der Waals surface area contributed by atoms with Gasteiger partial charge < -0.3 is 9.84 Å². The molecule has 6 heteroatoms. The lowest BCUT2D eigenvalue weighted by atomic mass is 10.0. The van der Waals surface area contributed by atoms with Crippen LogP contribution in [0.3, 0.4) is 0 Å². The fourth-order valence-corrected chi connectivity index (χ4v) is 3.17. The largest absolute Gasteiger partial charge is 0.508 e. The van der Waals surface area contributed by atoms with Crippen LogP contribution in [0.15, 0.2) is 42.5 Å². The number of fused-ring (bicyclic) bond motifs is 1. The van der Waals surface area contributed by atoms with Gasteiger partial charge in [0, 0.05) is 17.5 Å². The van der Waals surface area contributed by atoms with Crippen LogP contribution < -0.4 is 0 Å². The van der Waals surface area contributed by atoms with E-state index in [2.05, 4.69) is 0 Å². The number of hydrogen-bond donors (Lipinski definition) is 1. The first-order valence-electron chi connectivity index (χ1n) is 9.13. The number of esters is 1. The lowest BCUT2D eigenvalue weighted by Crippen LogP contribution is -2.32. The van der Waals surface area contributed by atoms with Crippen molar-refractivity contribution in [3.05, 3.63) is 64.7 Å². The van der Waals surface area contributed by atoms with Crippen LogP contribution >= 0.6 is 0 Å². The smallest absolute Gasteiger partial charge is 0.306 e. The van der Waals surface area contributed by atoms with E-state index in [1.165, 1.54) is 12.1 Å². The van der Waals surface area contributed by atoms with Gasteiger partial charge in [-0.25, -0.2) is 0 Å². The quantitative estimate of drug-likeness (QED) is 0.648. The second kappa shape index (κ2) is 7.46. The Morgan fingerprint density at radius 3 is 2.54 bits per heavy atom. The molecule has 28 heavy (non-hydrogen) atoms. The van der Waals surface area contributed by atoms with E-state index in [1.54, 1.807) is 39.0 Å². The molecule has 3 rings (SSSR count). The van der Waals surface area contributed by atoms with Gasteiger partial charge in [-0.15, -0.1) is 0 Å². The first-order chi connectivity index (χ1) is 13.2. The Morgan fingerprint density at radius 1 is 1.14 bits per heavy atom. The molecule has 6 nitrogen and oxygen atoms in total. The van der Waals surface area contributed by atoms with Crippen molar-refractivity contribution in [2.24, 2.45) is 0 Å². The number of carbonyl (C=O) groups excluding carboxylic acids is 3. The molecule has 2 amide bonds. The Morgan fingerprint density at radius 2 is 1.86 bits per heavy atom. The number of hydrogen-bond acceptors (Lipinski definition) is 5. The molecule has 2 aromatic rings. The fourth-order valence-electron chi connectivity index (χ4n) is 3.17. The highest BCUT2D eigenvalue weighted by Crippen LogP contribution is 2.27. The Bertz CT molecular complexity index is 942. The number of amides is 2. The molecule has 2 aromatic carbocycles. The summed E-state index contributed by atoms with van der Waals surface area (Å²) in [4.78, 5) is 38.8. The van der Waals surface area contributed by atoms with Crippen LogP contribution in [-0.2, 0) is 22.5 Å². The number of aromatic hydroxyl groups is 1. The Hall–Kier alpha value is -3.15. The summed E-state index contributed by atoms with van der Waals surface area (Å²) in [6, 6.07) is 11.5. The molecule has 0 aromatic heterocycles. The van der Waals surface area contributed by atoms with Crippen LogP contribution in [0, 0.1) is 0 Å². The van der Waals surface area contributed by atoms with E-state index in [4.69, 9.17) is 4.74 Å². The second-order valence-corrected chi connectivity index (χ2v) is 7.78. The third-order valence-electron chi connectivity index (χ3n) is 4.41. The highest BCUT2D eigenvalue weighted by atomic mass is 16.6. The topological polar surface area (TPSA) is 83.9 Å². The Labute approximate surface area is 163 Å². The van der Waals surface area contributed by atoms with Crippen molar-refractivity contribution in [1.29, 1.82) is 0 Å². The van der Waals surface area contributed by atoms with Crippen molar-refractivity contribution in [2.45, 2.75) is 45.8 Å². The SMILES string of the molecule is CC(C)(C)OC(=O)CCc1ccc(O)cc1C(=O)N1Cc2ccccc2C1=O. The molecule has 0 aliphatic carbocycles. The number of carbonyl (C=O) groups is 3. The van der Waals surface area contributed by atoms with Crippen molar-refractivity contribution < 1.29 is 24.2 Å². The number of benzene rings is 2. The molecule has 1 N–H and O–H groups in total. The molecular weight excluding hydrogens is 358 g/mol. The monoisotopic (exact) mass is 381 g/mol. The number of ether oxygens (including phenoxy) is 1. The summed E-state index contributed by atoms with van der Waals surface area (Å²) in [6.07, 6.45) is 0.363. The van der Waals surface area contributed by atoms with Crippen molar-refractivity contribution in [3.8, 4) is 5.75 Å². The second-order valence-electron chi connectivity index (χ2n) is 7.78. The number of imide groups is 1. The van der Waals surface area contributed by atoms with Gasteiger partial charge in [-0.1, -0.05) is 24.3 Å². The van der Waals surface area contributed by atoms with Gasteiger partial charge in [0.1, 0.15) is 11.4 Å². The molecule has 0 saturated heterocycles. The van der Waals surface area contributed by atoms with Gasteiger partial charge in [0.25, 0.3) is 11.8 Å². The average Bonchev–Trinajstić information content (AvgIpc) is 2.96. The molecule has 0 bridgehead atoms. The van der Waals surface area contributed by atoms with E-state index in [9.17, 15) is 19.5 Å². The van der Waals surface area contributed by atoms with Gasteiger partial charge in [-0.3, -0.25) is 19.3 Å². The van der Waals surface area contributed by atoms with Crippen molar-refractivity contribution in [1.82, 2.24) is 4.90 Å². The first kappa shape index (κ1) is 19.6. The van der Waals surface area contributed by atoms with Crippen LogP contribution in [0.4, 0.5) is 0 Å². The van der Waals surface area contributed by atoms with E-state index in [1.807, 2.05) is 12.1 Å². The van der Waals surface area contributed by atoms with Gasteiger partial charge in [0.05, 0.1) is 6.54 Å². The minimum absolute atomic E-state index is 0.0754. The lowest BCUT2D eigenvalue weighted by Gasteiger charge is -2.20. The van der Waals surface area contributed by atoms with Crippen molar-refractivity contribution in [2.75, 3.05) is 0 Å². The maximum Gasteiger partial charge on any atom is 0.306 e. The summed E-state index contributed by atoms with van der Waals surface area (Å²) in [5.74, 6) is -1.30. The Balaban J connectivity index is 1.80. The molecule has 0 radical (unpaired) electrons. The number of nitrogens with zero attached hydrogens (tertiary/aromatic N) is 1. The summed E-state index contributed by atoms with van der Waals surface area (Å²) >= 11 is 0. The molecule has 0 unspecified atom stereocenters. The van der Waals surface area contributed by atoms with Crippen molar-refractivity contribution >= 4 is 17.8 Å². The summed E-state index contributed by atoms with van der Waals surface area (Å²) in [7, 11) is 0. The molecule has 0 fully saturated rings. The molecule has 0 saturated carbocycles. The highest BCUT2D eigenvalue weighted by molar-refractivity contribution is 6.13. The summed E-state index contributed by atoms with van der Waals surface area (Å²) in [6.45, 7) is 5.56. The zero-order valence-electron chi connectivity index (χ0n) is 16.2. The van der Waals surface area contributed by atoms with Crippen LogP contribution in [0.2, 0.25) is 0 Å². The van der Waals surface area contributed by atoms with Crippen LogP contribution in [0.25, 0.3) is 0 Å². The van der Waals surface area contributed by atoms with E-state index >= 15 is 0 Å². The van der Waals surface area contributed by atoms with Gasteiger partial charge in [0.2, 0.25) is 0 Å². The molecule has 1 heterocycles. The number of aryl methyl sites for hydroxylation is 1. The van der Waals surface area contributed by atoms with Crippen LogP contribution in [0.1, 0.15) is 59.0 Å². The van der Waals surface area contributed by atoms with E-state index in [-0.39, 0.29) is 42.6 Å². The molecule has 1 aliphatic rings. The zero-order valence-corrected chi connectivity index (χ0v) is 16.2. The molecule has 146 valence electrons. The summed E-state index contributed by atoms with van der Waals surface area (Å²) in [5, 5.41) is 9.85. The minimum Gasteiger partial charge on any atom is -0.508 e. The average molecular weight is 381 g/mol. The highest BCUT2D eigenvalue weighted by Gasteiger charge is 2.33. The van der Waals surface area contributed by atoms with Crippen molar-refractivity contribution in [3.63, 3.8) is 0 Å². The molecule has 0 spiro atoms. The Kier molecular flexibility index (Phi) is 5.23.